The van der Waals surface area contributed by atoms with Gasteiger partial charge in [0.1, 0.15) is 0 Å². The summed E-state index contributed by atoms with van der Waals surface area (Å²) in [5, 5.41) is 0. The van der Waals surface area contributed by atoms with Crippen LogP contribution < -0.4 is 0 Å². The fourth-order valence-corrected chi connectivity index (χ4v) is 6.01. The zero-order valence-corrected chi connectivity index (χ0v) is 25.5. The van der Waals surface area contributed by atoms with Gasteiger partial charge in [0.05, 0.1) is 13.1 Å². The fourth-order valence-electron chi connectivity index (χ4n) is 6.01. The summed E-state index contributed by atoms with van der Waals surface area (Å²) in [4.78, 5) is 31.3. The molecule has 0 atom stereocenters. The van der Waals surface area contributed by atoms with Crippen molar-refractivity contribution in [1.82, 2.24) is 14.4 Å². The Morgan fingerprint density at radius 3 is 2.17 bits per heavy atom. The number of hydrogen-bond acceptors (Lipinski definition) is 2. The molecule has 0 spiro atoms. The van der Waals surface area contributed by atoms with Gasteiger partial charge >= 0.3 is 0 Å². The van der Waals surface area contributed by atoms with Crippen LogP contribution in [0.25, 0.3) is 0 Å². The van der Waals surface area contributed by atoms with E-state index in [0.717, 1.165) is 57.2 Å². The SMILES string of the molecule is CCCCCCCCCC(=O)N(CCCCC)CC(=O)N(Cc1cccn1Cc1ccccc1)C1CCCCC1. The van der Waals surface area contributed by atoms with E-state index in [2.05, 4.69) is 65.9 Å². The summed E-state index contributed by atoms with van der Waals surface area (Å²) in [5.74, 6) is 0.276. The molecule has 222 valence electrons. The van der Waals surface area contributed by atoms with E-state index in [0.29, 0.717) is 19.5 Å². The Labute approximate surface area is 244 Å². The van der Waals surface area contributed by atoms with Crippen LogP contribution in [0.2, 0.25) is 0 Å². The van der Waals surface area contributed by atoms with Crippen LogP contribution in [0.15, 0.2) is 48.7 Å². The third-order valence-corrected chi connectivity index (χ3v) is 8.49. The van der Waals surface area contributed by atoms with Gasteiger partial charge in [-0.2, -0.15) is 0 Å². The molecule has 0 aliphatic heterocycles. The Balaban J connectivity index is 1.65. The van der Waals surface area contributed by atoms with Crippen molar-refractivity contribution in [1.29, 1.82) is 0 Å². The van der Waals surface area contributed by atoms with Crippen molar-refractivity contribution in [2.24, 2.45) is 0 Å². The molecule has 2 amide bonds. The molecule has 3 rings (SSSR count). The Kier molecular flexibility index (Phi) is 15.0. The van der Waals surface area contributed by atoms with E-state index in [1.54, 1.807) is 0 Å². The molecule has 0 saturated heterocycles. The van der Waals surface area contributed by atoms with Gasteiger partial charge < -0.3 is 14.4 Å². The van der Waals surface area contributed by atoms with E-state index in [1.807, 2.05) is 11.0 Å². The molecule has 1 heterocycles. The second-order valence-corrected chi connectivity index (χ2v) is 11.8. The molecule has 0 bridgehead atoms. The second-order valence-electron chi connectivity index (χ2n) is 11.8. The van der Waals surface area contributed by atoms with Gasteiger partial charge in [-0.15, -0.1) is 0 Å². The minimum atomic E-state index is 0.115. The average Bonchev–Trinajstić information content (AvgIpc) is 3.42. The lowest BCUT2D eigenvalue weighted by atomic mass is 9.94. The molecule has 0 unspecified atom stereocenters. The summed E-state index contributed by atoms with van der Waals surface area (Å²) in [7, 11) is 0. The van der Waals surface area contributed by atoms with Crippen molar-refractivity contribution >= 4 is 11.8 Å². The number of carbonyl (C=O) groups is 2. The highest BCUT2D eigenvalue weighted by molar-refractivity contribution is 5.85. The van der Waals surface area contributed by atoms with Crippen molar-refractivity contribution in [3.63, 3.8) is 0 Å². The van der Waals surface area contributed by atoms with Crippen molar-refractivity contribution in [2.45, 2.75) is 136 Å². The molecule has 1 fully saturated rings. The van der Waals surface area contributed by atoms with Gasteiger partial charge in [-0.25, -0.2) is 0 Å². The Morgan fingerprint density at radius 2 is 1.45 bits per heavy atom. The molecular weight excluding hydrogens is 494 g/mol. The topological polar surface area (TPSA) is 45.6 Å². The van der Waals surface area contributed by atoms with E-state index >= 15 is 0 Å². The molecule has 0 N–H and O–H groups in total. The van der Waals surface area contributed by atoms with E-state index < -0.39 is 0 Å². The first-order chi connectivity index (χ1) is 19.6. The Hall–Kier alpha value is -2.56. The highest BCUT2D eigenvalue weighted by atomic mass is 16.2. The number of carbonyl (C=O) groups excluding carboxylic acids is 2. The Bertz CT molecular complexity index is 964. The van der Waals surface area contributed by atoms with E-state index in [9.17, 15) is 9.59 Å². The molecule has 5 heteroatoms. The highest BCUT2D eigenvalue weighted by Crippen LogP contribution is 2.25. The molecule has 1 aliphatic rings. The van der Waals surface area contributed by atoms with Crippen LogP contribution in [-0.4, -0.2) is 45.3 Å². The number of unbranched alkanes of at least 4 members (excludes halogenated alkanes) is 8. The quantitative estimate of drug-likeness (QED) is 0.165. The molecule has 0 radical (unpaired) electrons. The first-order valence-corrected chi connectivity index (χ1v) is 16.4. The number of aromatic nitrogens is 1. The molecule has 5 nitrogen and oxygen atoms in total. The minimum Gasteiger partial charge on any atom is -0.345 e. The van der Waals surface area contributed by atoms with E-state index in [4.69, 9.17) is 0 Å². The maximum Gasteiger partial charge on any atom is 0.242 e. The predicted octanol–water partition coefficient (Wildman–Crippen LogP) is 8.36. The fraction of sp³-hybridized carbons (Fsp3) is 0.657. The summed E-state index contributed by atoms with van der Waals surface area (Å²) in [6, 6.07) is 15.0. The largest absolute Gasteiger partial charge is 0.345 e. The van der Waals surface area contributed by atoms with Gasteiger partial charge in [0.25, 0.3) is 0 Å². The first-order valence-electron chi connectivity index (χ1n) is 16.4. The summed E-state index contributed by atoms with van der Waals surface area (Å²) >= 11 is 0. The van der Waals surface area contributed by atoms with Crippen molar-refractivity contribution in [2.75, 3.05) is 13.1 Å². The van der Waals surface area contributed by atoms with Crippen LogP contribution >= 0.6 is 0 Å². The van der Waals surface area contributed by atoms with Crippen molar-refractivity contribution < 1.29 is 9.59 Å². The maximum atomic E-state index is 14.0. The molecule has 40 heavy (non-hydrogen) atoms. The first kappa shape index (κ1) is 32.0. The highest BCUT2D eigenvalue weighted by Gasteiger charge is 2.28. The molecular formula is C35H55N3O2. The lowest BCUT2D eigenvalue weighted by Gasteiger charge is -2.36. The number of nitrogens with zero attached hydrogens (tertiary/aromatic N) is 3. The monoisotopic (exact) mass is 549 g/mol. The van der Waals surface area contributed by atoms with Crippen molar-refractivity contribution in [3.05, 3.63) is 59.9 Å². The molecule has 1 aromatic carbocycles. The van der Waals surface area contributed by atoms with E-state index in [-0.39, 0.29) is 24.4 Å². The minimum absolute atomic E-state index is 0.115. The smallest absolute Gasteiger partial charge is 0.242 e. The summed E-state index contributed by atoms with van der Waals surface area (Å²) in [6.07, 6.45) is 20.0. The van der Waals surface area contributed by atoms with Gasteiger partial charge in [0.2, 0.25) is 11.8 Å². The zero-order valence-electron chi connectivity index (χ0n) is 25.5. The van der Waals surface area contributed by atoms with Crippen molar-refractivity contribution in [3.8, 4) is 0 Å². The maximum absolute atomic E-state index is 14.0. The second kappa shape index (κ2) is 18.7. The molecule has 2 aromatic rings. The van der Waals surface area contributed by atoms with Crippen LogP contribution in [0.4, 0.5) is 0 Å². The third-order valence-electron chi connectivity index (χ3n) is 8.49. The van der Waals surface area contributed by atoms with Gasteiger partial charge in [0.15, 0.2) is 0 Å². The molecule has 1 aliphatic carbocycles. The lowest BCUT2D eigenvalue weighted by Crippen LogP contribution is -2.47. The van der Waals surface area contributed by atoms with Crippen LogP contribution in [0, 0.1) is 0 Å². The predicted molar refractivity (Wildman–Crippen MR) is 166 cm³/mol. The van der Waals surface area contributed by atoms with Gasteiger partial charge in [-0.3, -0.25) is 9.59 Å². The molecule has 1 saturated carbocycles. The normalized spacial score (nSPS) is 13.8. The van der Waals surface area contributed by atoms with E-state index in [1.165, 1.54) is 56.9 Å². The number of rotatable bonds is 19. The Morgan fingerprint density at radius 1 is 0.775 bits per heavy atom. The average molecular weight is 550 g/mol. The number of amides is 2. The van der Waals surface area contributed by atoms with Crippen LogP contribution in [0.5, 0.6) is 0 Å². The summed E-state index contributed by atoms with van der Waals surface area (Å²) in [5.41, 5.74) is 2.42. The zero-order chi connectivity index (χ0) is 28.4. The molecule has 1 aromatic heterocycles. The summed E-state index contributed by atoms with van der Waals surface area (Å²) < 4.78 is 2.27. The van der Waals surface area contributed by atoms with Crippen LogP contribution in [0.1, 0.15) is 128 Å². The standard InChI is InChI=1S/C35H55N3O2/c1-3-5-7-8-9-10-17-25-34(39)37(26-18-6-4-2)30-35(40)38(32-22-15-12-16-23-32)29-33-24-19-27-36(33)28-31-20-13-11-14-21-31/h11,13-14,19-21,24,27,32H,3-10,12,15-18,22-23,25-26,28-30H2,1-2H3. The third kappa shape index (κ3) is 11.1. The van der Waals surface area contributed by atoms with Crippen LogP contribution in [-0.2, 0) is 22.7 Å². The number of benzene rings is 1. The van der Waals surface area contributed by atoms with Gasteiger partial charge in [0, 0.05) is 37.4 Å². The van der Waals surface area contributed by atoms with Crippen LogP contribution in [0.3, 0.4) is 0 Å². The number of hydrogen-bond donors (Lipinski definition) is 0. The van der Waals surface area contributed by atoms with Gasteiger partial charge in [-0.05, 0) is 43.4 Å². The van der Waals surface area contributed by atoms with Gasteiger partial charge in [-0.1, -0.05) is 115 Å². The summed E-state index contributed by atoms with van der Waals surface area (Å²) in [6.45, 7) is 6.75. The lowest BCUT2D eigenvalue weighted by molar-refractivity contribution is -0.143.